The fraction of sp³-hybridized carbons (Fsp3) is 0.391. The van der Waals surface area contributed by atoms with Crippen LogP contribution in [0.2, 0.25) is 5.02 Å². The lowest BCUT2D eigenvalue weighted by molar-refractivity contribution is -0.140. The first-order valence-electron chi connectivity index (χ1n) is 9.78. The summed E-state index contributed by atoms with van der Waals surface area (Å²) in [5.74, 6) is -0.221. The number of carbonyl (C=O) groups excluding carboxylic acids is 2. The Bertz CT molecular complexity index is 789. The van der Waals surface area contributed by atoms with Crippen LogP contribution < -0.4 is 5.32 Å². The lowest BCUT2D eigenvalue weighted by atomic mass is 10.1. The van der Waals surface area contributed by atoms with Gasteiger partial charge in [-0.3, -0.25) is 9.59 Å². The molecule has 2 aromatic carbocycles. The Balaban J connectivity index is 2.17. The van der Waals surface area contributed by atoms with Gasteiger partial charge in [-0.05, 0) is 43.5 Å². The molecular formula is C23H29ClN2O2. The summed E-state index contributed by atoms with van der Waals surface area (Å²) in [4.78, 5) is 27.3. The number of nitrogens with zero attached hydrogens (tertiary/aromatic N) is 1. The van der Waals surface area contributed by atoms with Crippen molar-refractivity contribution in [3.63, 3.8) is 0 Å². The van der Waals surface area contributed by atoms with E-state index < -0.39 is 6.04 Å². The summed E-state index contributed by atoms with van der Waals surface area (Å²) in [6, 6.07) is 14.7. The van der Waals surface area contributed by atoms with E-state index in [2.05, 4.69) is 12.2 Å². The van der Waals surface area contributed by atoms with Crippen LogP contribution in [-0.2, 0) is 22.6 Å². The highest BCUT2D eigenvalue weighted by atomic mass is 35.5. The molecule has 0 spiro atoms. The van der Waals surface area contributed by atoms with Gasteiger partial charge in [0.15, 0.2) is 0 Å². The third-order valence-corrected chi connectivity index (χ3v) is 4.95. The van der Waals surface area contributed by atoms with Crippen LogP contribution in [0.25, 0.3) is 0 Å². The fourth-order valence-electron chi connectivity index (χ4n) is 2.93. The van der Waals surface area contributed by atoms with Crippen molar-refractivity contribution in [2.75, 3.05) is 6.54 Å². The second-order valence-electron chi connectivity index (χ2n) is 7.13. The molecule has 0 aliphatic heterocycles. The lowest BCUT2D eigenvalue weighted by Crippen LogP contribution is -2.48. The van der Waals surface area contributed by atoms with Crippen LogP contribution in [0, 0.1) is 6.92 Å². The van der Waals surface area contributed by atoms with E-state index in [1.165, 1.54) is 0 Å². The van der Waals surface area contributed by atoms with E-state index in [-0.39, 0.29) is 18.2 Å². The van der Waals surface area contributed by atoms with Crippen LogP contribution >= 0.6 is 11.6 Å². The van der Waals surface area contributed by atoms with Gasteiger partial charge < -0.3 is 10.2 Å². The van der Waals surface area contributed by atoms with Crippen LogP contribution in [0.4, 0.5) is 0 Å². The third-order valence-electron chi connectivity index (χ3n) is 4.71. The van der Waals surface area contributed by atoms with Gasteiger partial charge >= 0.3 is 0 Å². The Morgan fingerprint density at radius 1 is 1.11 bits per heavy atom. The number of aryl methyl sites for hydroxylation is 1. The maximum Gasteiger partial charge on any atom is 0.242 e. The number of hydrogen-bond donors (Lipinski definition) is 1. The van der Waals surface area contributed by atoms with Gasteiger partial charge in [-0.1, -0.05) is 66.9 Å². The second-order valence-corrected chi connectivity index (χ2v) is 7.57. The summed E-state index contributed by atoms with van der Waals surface area (Å²) >= 11 is 6.05. The zero-order valence-corrected chi connectivity index (χ0v) is 17.6. The predicted molar refractivity (Wildman–Crippen MR) is 114 cm³/mol. The lowest BCUT2D eigenvalue weighted by Gasteiger charge is -2.29. The average Bonchev–Trinajstić information content (AvgIpc) is 2.67. The summed E-state index contributed by atoms with van der Waals surface area (Å²) in [5.41, 5.74) is 2.99. The maximum absolute atomic E-state index is 13.1. The zero-order valence-electron chi connectivity index (χ0n) is 16.9. The van der Waals surface area contributed by atoms with Gasteiger partial charge in [-0.25, -0.2) is 0 Å². The van der Waals surface area contributed by atoms with E-state index in [0.717, 1.165) is 29.5 Å². The van der Waals surface area contributed by atoms with Crippen LogP contribution in [0.3, 0.4) is 0 Å². The molecule has 0 aliphatic rings. The highest BCUT2D eigenvalue weighted by Crippen LogP contribution is 2.15. The number of unbranched alkanes of at least 4 members (excludes halogenated alkanes) is 1. The molecule has 0 fully saturated rings. The van der Waals surface area contributed by atoms with Crippen LogP contribution in [0.1, 0.15) is 43.4 Å². The third kappa shape index (κ3) is 6.68. The minimum atomic E-state index is -0.551. The number of rotatable bonds is 9. The Kier molecular flexibility index (Phi) is 8.52. The molecule has 0 saturated carbocycles. The largest absolute Gasteiger partial charge is 0.354 e. The number of amides is 2. The molecule has 1 N–H and O–H groups in total. The molecule has 0 bridgehead atoms. The summed E-state index contributed by atoms with van der Waals surface area (Å²) in [6.07, 6.45) is 2.14. The molecule has 0 aromatic heterocycles. The summed E-state index contributed by atoms with van der Waals surface area (Å²) in [6.45, 7) is 6.90. The smallest absolute Gasteiger partial charge is 0.242 e. The average molecular weight is 401 g/mol. The highest BCUT2D eigenvalue weighted by Gasteiger charge is 2.26. The van der Waals surface area contributed by atoms with E-state index >= 15 is 0 Å². The van der Waals surface area contributed by atoms with E-state index in [9.17, 15) is 9.59 Å². The molecule has 5 heteroatoms. The topological polar surface area (TPSA) is 49.4 Å². The van der Waals surface area contributed by atoms with Crippen molar-refractivity contribution in [3.05, 3.63) is 70.2 Å². The first kappa shape index (κ1) is 22.0. The molecule has 2 amide bonds. The van der Waals surface area contributed by atoms with Crippen LogP contribution in [0.15, 0.2) is 48.5 Å². The first-order chi connectivity index (χ1) is 13.4. The van der Waals surface area contributed by atoms with Gasteiger partial charge in [0, 0.05) is 18.1 Å². The predicted octanol–water partition coefficient (Wildman–Crippen LogP) is 4.52. The summed E-state index contributed by atoms with van der Waals surface area (Å²) in [7, 11) is 0. The van der Waals surface area contributed by atoms with Crippen molar-refractivity contribution in [2.24, 2.45) is 0 Å². The van der Waals surface area contributed by atoms with Crippen molar-refractivity contribution >= 4 is 23.4 Å². The Hall–Kier alpha value is -2.33. The second kappa shape index (κ2) is 10.9. The number of nitrogens with one attached hydrogen (secondary N) is 1. The van der Waals surface area contributed by atoms with Crippen LogP contribution in [-0.4, -0.2) is 29.3 Å². The summed E-state index contributed by atoms with van der Waals surface area (Å²) in [5, 5.41) is 3.53. The van der Waals surface area contributed by atoms with E-state index in [1.54, 1.807) is 24.0 Å². The molecule has 0 aliphatic carbocycles. The molecule has 2 rings (SSSR count). The number of benzene rings is 2. The SMILES string of the molecule is CCCCNC(=O)[C@@H](C)N(Cc1ccc(C)cc1)C(=O)Cc1cccc(Cl)c1. The maximum atomic E-state index is 13.1. The zero-order chi connectivity index (χ0) is 20.5. The van der Waals surface area contributed by atoms with Crippen molar-refractivity contribution < 1.29 is 9.59 Å². The Morgan fingerprint density at radius 3 is 2.46 bits per heavy atom. The number of hydrogen-bond acceptors (Lipinski definition) is 2. The van der Waals surface area contributed by atoms with Gasteiger partial charge in [-0.2, -0.15) is 0 Å². The Morgan fingerprint density at radius 2 is 1.82 bits per heavy atom. The molecule has 150 valence electrons. The highest BCUT2D eigenvalue weighted by molar-refractivity contribution is 6.30. The fourth-order valence-corrected chi connectivity index (χ4v) is 3.14. The van der Waals surface area contributed by atoms with Gasteiger partial charge in [0.25, 0.3) is 0 Å². The molecule has 0 saturated heterocycles. The van der Waals surface area contributed by atoms with Crippen molar-refractivity contribution in [3.8, 4) is 0 Å². The number of halogens is 1. The van der Waals surface area contributed by atoms with E-state index in [4.69, 9.17) is 11.6 Å². The molecule has 4 nitrogen and oxygen atoms in total. The molecule has 28 heavy (non-hydrogen) atoms. The van der Waals surface area contributed by atoms with Crippen molar-refractivity contribution in [1.82, 2.24) is 10.2 Å². The van der Waals surface area contributed by atoms with Crippen LogP contribution in [0.5, 0.6) is 0 Å². The normalized spacial score (nSPS) is 11.7. The minimum absolute atomic E-state index is 0.0963. The molecule has 0 radical (unpaired) electrons. The van der Waals surface area contributed by atoms with Crippen molar-refractivity contribution in [2.45, 2.75) is 52.6 Å². The quantitative estimate of drug-likeness (QED) is 0.629. The van der Waals surface area contributed by atoms with Gasteiger partial charge in [0.05, 0.1) is 6.42 Å². The monoisotopic (exact) mass is 400 g/mol. The molecule has 1 atom stereocenters. The van der Waals surface area contributed by atoms with Gasteiger partial charge in [0.2, 0.25) is 11.8 Å². The van der Waals surface area contributed by atoms with Gasteiger partial charge in [-0.15, -0.1) is 0 Å². The van der Waals surface area contributed by atoms with Crippen molar-refractivity contribution in [1.29, 1.82) is 0 Å². The Labute approximate surface area is 172 Å². The molecule has 0 unspecified atom stereocenters. The molecule has 0 heterocycles. The first-order valence-corrected chi connectivity index (χ1v) is 10.2. The molecule has 2 aromatic rings. The number of carbonyl (C=O) groups is 2. The van der Waals surface area contributed by atoms with E-state index in [0.29, 0.717) is 18.1 Å². The van der Waals surface area contributed by atoms with E-state index in [1.807, 2.05) is 43.3 Å². The van der Waals surface area contributed by atoms with Gasteiger partial charge in [0.1, 0.15) is 6.04 Å². The standard InChI is InChI=1S/C23H29ClN2O2/c1-4-5-13-25-23(28)18(3)26(16-19-11-9-17(2)10-12-19)22(27)15-20-7-6-8-21(24)14-20/h6-12,14,18H,4-5,13,15-16H2,1-3H3,(H,25,28)/t18-/m1/s1. The minimum Gasteiger partial charge on any atom is -0.354 e. The summed E-state index contributed by atoms with van der Waals surface area (Å²) < 4.78 is 0. The molecular weight excluding hydrogens is 372 g/mol.